The largest absolute Gasteiger partial charge is 0.494 e. The van der Waals surface area contributed by atoms with Crippen molar-refractivity contribution in [1.29, 1.82) is 0 Å². The van der Waals surface area contributed by atoms with E-state index < -0.39 is 0 Å². The first-order chi connectivity index (χ1) is 12.6. The Morgan fingerprint density at radius 1 is 1.35 bits per heavy atom. The van der Waals surface area contributed by atoms with Gasteiger partial charge >= 0.3 is 0 Å². The van der Waals surface area contributed by atoms with E-state index in [1.165, 1.54) is 26.4 Å². The lowest BCUT2D eigenvalue weighted by molar-refractivity contribution is 0.106. The molecule has 4 rings (SSSR count). The molecule has 0 unspecified atom stereocenters. The summed E-state index contributed by atoms with van der Waals surface area (Å²) >= 11 is 0. The van der Waals surface area contributed by atoms with Gasteiger partial charge < -0.3 is 9.64 Å². The van der Waals surface area contributed by atoms with Gasteiger partial charge in [-0.3, -0.25) is 4.90 Å². The fraction of sp³-hybridized carbons (Fsp3) is 0.500. The van der Waals surface area contributed by atoms with Crippen LogP contribution in [0.2, 0.25) is 0 Å². The summed E-state index contributed by atoms with van der Waals surface area (Å²) in [5.74, 6) is 1.07. The zero-order valence-corrected chi connectivity index (χ0v) is 15.4. The summed E-state index contributed by atoms with van der Waals surface area (Å²) in [4.78, 5) is 13.0. The summed E-state index contributed by atoms with van der Waals surface area (Å²) in [5.41, 5.74) is 1.09. The van der Waals surface area contributed by atoms with Crippen molar-refractivity contribution < 1.29 is 9.13 Å². The van der Waals surface area contributed by atoms with E-state index in [-0.39, 0.29) is 5.82 Å². The van der Waals surface area contributed by atoms with Gasteiger partial charge in [-0.05, 0) is 43.4 Å². The number of hydrogen-bond donors (Lipinski definition) is 0. The number of ether oxygens (including phenoxy) is 1. The van der Waals surface area contributed by atoms with Gasteiger partial charge in [0.25, 0.3) is 0 Å². The molecule has 2 aliphatic rings. The predicted molar refractivity (Wildman–Crippen MR) is 98.7 cm³/mol. The fourth-order valence-electron chi connectivity index (χ4n) is 4.47. The molecule has 0 N–H and O–H groups in total. The van der Waals surface area contributed by atoms with Crippen molar-refractivity contribution in [2.45, 2.75) is 31.8 Å². The lowest BCUT2D eigenvalue weighted by Gasteiger charge is -2.49. The van der Waals surface area contributed by atoms with Crippen LogP contribution in [0.3, 0.4) is 0 Å². The maximum atomic E-state index is 14.4. The maximum Gasteiger partial charge on any atom is 0.169 e. The molecular formula is C20H25FN4O. The molecule has 2 fully saturated rings. The molecule has 2 aromatic rings. The SMILES string of the molecule is COc1cccc(CN2CCC3(CC(N(C)c4ccncn4)C3)C2)c1F. The minimum absolute atomic E-state index is 0.231. The van der Waals surface area contributed by atoms with Crippen molar-refractivity contribution in [3.05, 3.63) is 48.2 Å². The van der Waals surface area contributed by atoms with Crippen molar-refractivity contribution >= 4 is 5.82 Å². The Kier molecular flexibility index (Phi) is 4.53. The molecule has 1 saturated carbocycles. The van der Waals surface area contributed by atoms with Crippen LogP contribution in [0.15, 0.2) is 36.8 Å². The molecule has 0 amide bonds. The Bertz CT molecular complexity index is 764. The van der Waals surface area contributed by atoms with Crippen LogP contribution in [0, 0.1) is 11.2 Å². The van der Waals surface area contributed by atoms with Crippen LogP contribution in [0.4, 0.5) is 10.2 Å². The molecule has 5 nitrogen and oxygen atoms in total. The van der Waals surface area contributed by atoms with Gasteiger partial charge in [-0.25, -0.2) is 14.4 Å². The standard InChI is InChI=1S/C20H25FN4O/c1-24(18-6-8-22-14-23-18)16-10-20(11-16)7-9-25(13-20)12-15-4-3-5-17(26-2)19(15)21/h3-6,8,14,16H,7,9-13H2,1-2H3. The fourth-order valence-corrected chi connectivity index (χ4v) is 4.47. The third-order valence-corrected chi connectivity index (χ3v) is 5.99. The highest BCUT2D eigenvalue weighted by Gasteiger charge is 2.49. The van der Waals surface area contributed by atoms with Crippen molar-refractivity contribution in [2.24, 2.45) is 5.41 Å². The van der Waals surface area contributed by atoms with Gasteiger partial charge in [0.05, 0.1) is 7.11 Å². The number of anilines is 1. The van der Waals surface area contributed by atoms with Gasteiger partial charge in [-0.2, -0.15) is 0 Å². The van der Waals surface area contributed by atoms with Crippen LogP contribution in [-0.4, -0.2) is 48.2 Å². The maximum absolute atomic E-state index is 14.4. The first-order valence-corrected chi connectivity index (χ1v) is 9.13. The summed E-state index contributed by atoms with van der Waals surface area (Å²) in [6.45, 7) is 2.72. The molecule has 1 saturated heterocycles. The average molecular weight is 356 g/mol. The van der Waals surface area contributed by atoms with E-state index in [0.29, 0.717) is 23.8 Å². The summed E-state index contributed by atoms with van der Waals surface area (Å²) < 4.78 is 19.5. The van der Waals surface area contributed by atoms with Gasteiger partial charge in [0.1, 0.15) is 12.1 Å². The van der Waals surface area contributed by atoms with Crippen LogP contribution >= 0.6 is 0 Å². The number of benzene rings is 1. The predicted octanol–water partition coefficient (Wildman–Crippen LogP) is 3.12. The van der Waals surface area contributed by atoms with Crippen molar-refractivity contribution in [3.8, 4) is 5.75 Å². The molecule has 2 heterocycles. The highest BCUT2D eigenvalue weighted by molar-refractivity contribution is 5.38. The van der Waals surface area contributed by atoms with Crippen molar-refractivity contribution in [3.63, 3.8) is 0 Å². The van der Waals surface area contributed by atoms with E-state index in [1.54, 1.807) is 18.6 Å². The number of halogens is 1. The minimum atomic E-state index is -0.231. The third kappa shape index (κ3) is 3.14. The molecule has 6 heteroatoms. The number of rotatable bonds is 5. The van der Waals surface area contributed by atoms with E-state index in [2.05, 4.69) is 26.8 Å². The Hall–Kier alpha value is -2.21. The molecular weight excluding hydrogens is 331 g/mol. The lowest BCUT2D eigenvalue weighted by Crippen LogP contribution is -2.51. The first kappa shape index (κ1) is 17.2. The summed E-state index contributed by atoms with van der Waals surface area (Å²) in [5, 5.41) is 0. The first-order valence-electron chi connectivity index (χ1n) is 9.13. The molecule has 0 bridgehead atoms. The second-order valence-corrected chi connectivity index (χ2v) is 7.63. The van der Waals surface area contributed by atoms with Crippen molar-refractivity contribution in [1.82, 2.24) is 14.9 Å². The molecule has 1 aromatic heterocycles. The van der Waals surface area contributed by atoms with Crippen LogP contribution in [0.25, 0.3) is 0 Å². The normalized spacial score (nSPS) is 25.3. The molecule has 0 atom stereocenters. The summed E-state index contributed by atoms with van der Waals surface area (Å²) in [7, 11) is 3.62. The Labute approximate surface area is 153 Å². The molecule has 1 aliphatic heterocycles. The van der Waals surface area contributed by atoms with Crippen LogP contribution in [0.1, 0.15) is 24.8 Å². The quantitative estimate of drug-likeness (QED) is 0.823. The van der Waals surface area contributed by atoms with Gasteiger partial charge in [0.2, 0.25) is 0 Å². The minimum Gasteiger partial charge on any atom is -0.494 e. The Morgan fingerprint density at radius 2 is 2.19 bits per heavy atom. The molecule has 1 spiro atoms. The summed E-state index contributed by atoms with van der Waals surface area (Å²) in [6, 6.07) is 7.87. The number of nitrogens with zero attached hydrogens (tertiary/aromatic N) is 4. The van der Waals surface area contributed by atoms with E-state index in [4.69, 9.17) is 4.74 Å². The topological polar surface area (TPSA) is 41.5 Å². The van der Waals surface area contributed by atoms with Gasteiger partial charge in [0.15, 0.2) is 11.6 Å². The zero-order chi connectivity index (χ0) is 18.1. The highest BCUT2D eigenvalue weighted by atomic mass is 19.1. The van der Waals surface area contributed by atoms with Gasteiger partial charge in [-0.1, -0.05) is 12.1 Å². The Balaban J connectivity index is 1.35. The van der Waals surface area contributed by atoms with Gasteiger partial charge in [-0.15, -0.1) is 0 Å². The third-order valence-electron chi connectivity index (χ3n) is 5.99. The van der Waals surface area contributed by atoms with Gasteiger partial charge in [0, 0.05) is 37.9 Å². The number of aromatic nitrogens is 2. The second-order valence-electron chi connectivity index (χ2n) is 7.63. The number of likely N-dealkylation sites (tertiary alicyclic amines) is 1. The monoisotopic (exact) mass is 356 g/mol. The average Bonchev–Trinajstić information content (AvgIpc) is 3.07. The molecule has 1 aliphatic carbocycles. The van der Waals surface area contributed by atoms with E-state index in [9.17, 15) is 4.39 Å². The van der Waals surface area contributed by atoms with E-state index >= 15 is 0 Å². The smallest absolute Gasteiger partial charge is 0.169 e. The van der Waals surface area contributed by atoms with Crippen molar-refractivity contribution in [2.75, 3.05) is 32.1 Å². The second kappa shape index (κ2) is 6.83. The number of methoxy groups -OCH3 is 1. The lowest BCUT2D eigenvalue weighted by atomic mass is 9.64. The summed E-state index contributed by atoms with van der Waals surface area (Å²) in [6.07, 6.45) is 6.91. The van der Waals surface area contributed by atoms with Crippen LogP contribution in [0.5, 0.6) is 5.75 Å². The van der Waals surface area contributed by atoms with Crippen LogP contribution in [-0.2, 0) is 6.54 Å². The molecule has 138 valence electrons. The molecule has 0 radical (unpaired) electrons. The van der Waals surface area contributed by atoms with E-state index in [1.807, 2.05) is 18.2 Å². The highest BCUT2D eigenvalue weighted by Crippen LogP contribution is 2.50. The zero-order valence-electron chi connectivity index (χ0n) is 15.4. The van der Waals surface area contributed by atoms with Crippen LogP contribution < -0.4 is 9.64 Å². The van der Waals surface area contributed by atoms with E-state index in [0.717, 1.165) is 24.5 Å². The Morgan fingerprint density at radius 3 is 2.92 bits per heavy atom. The number of hydrogen-bond acceptors (Lipinski definition) is 5. The molecule has 26 heavy (non-hydrogen) atoms. The molecule has 1 aromatic carbocycles.